The van der Waals surface area contributed by atoms with Gasteiger partial charge < -0.3 is 15.0 Å². The molecule has 2 heterocycles. The SMILES string of the molecule is CN=C(NCCOCCS(C)(=O)=O)N1CCC(N2CCCC2)C1.I. The van der Waals surface area contributed by atoms with Gasteiger partial charge in [-0.3, -0.25) is 9.89 Å². The molecule has 0 bridgehead atoms. The third kappa shape index (κ3) is 7.40. The van der Waals surface area contributed by atoms with Gasteiger partial charge in [0.2, 0.25) is 0 Å². The molecule has 0 aromatic heterocycles. The largest absolute Gasteiger partial charge is 0.379 e. The van der Waals surface area contributed by atoms with Crippen molar-refractivity contribution >= 4 is 39.8 Å². The van der Waals surface area contributed by atoms with E-state index in [9.17, 15) is 8.42 Å². The molecule has 0 amide bonds. The maximum absolute atomic E-state index is 11.0. The number of likely N-dealkylation sites (tertiary alicyclic amines) is 2. The molecule has 1 N–H and O–H groups in total. The highest BCUT2D eigenvalue weighted by Gasteiger charge is 2.30. The molecular weight excluding hydrogens is 443 g/mol. The van der Waals surface area contributed by atoms with Crippen molar-refractivity contribution in [3.8, 4) is 0 Å². The van der Waals surface area contributed by atoms with Crippen LogP contribution in [0.3, 0.4) is 0 Å². The van der Waals surface area contributed by atoms with E-state index < -0.39 is 9.84 Å². The van der Waals surface area contributed by atoms with Crippen LogP contribution in [0.4, 0.5) is 0 Å². The lowest BCUT2D eigenvalue weighted by molar-refractivity contribution is 0.153. The lowest BCUT2D eigenvalue weighted by atomic mass is 10.2. The van der Waals surface area contributed by atoms with Gasteiger partial charge in [0.15, 0.2) is 5.96 Å². The fraction of sp³-hybridized carbons (Fsp3) is 0.933. The van der Waals surface area contributed by atoms with Crippen LogP contribution in [0.5, 0.6) is 0 Å². The van der Waals surface area contributed by atoms with Gasteiger partial charge in [-0.2, -0.15) is 0 Å². The van der Waals surface area contributed by atoms with Crippen molar-refractivity contribution in [2.24, 2.45) is 4.99 Å². The molecule has 24 heavy (non-hydrogen) atoms. The molecule has 142 valence electrons. The molecule has 2 fully saturated rings. The van der Waals surface area contributed by atoms with E-state index in [0.29, 0.717) is 19.2 Å². The van der Waals surface area contributed by atoms with E-state index in [1.54, 1.807) is 7.05 Å². The van der Waals surface area contributed by atoms with E-state index in [1.807, 2.05) is 0 Å². The number of rotatable bonds is 7. The van der Waals surface area contributed by atoms with Crippen molar-refractivity contribution in [3.05, 3.63) is 0 Å². The van der Waals surface area contributed by atoms with Crippen LogP contribution in [0.1, 0.15) is 19.3 Å². The number of nitrogens with zero attached hydrogens (tertiary/aromatic N) is 3. The molecule has 2 saturated heterocycles. The second-order valence-electron chi connectivity index (χ2n) is 6.35. The summed E-state index contributed by atoms with van der Waals surface area (Å²) < 4.78 is 27.4. The zero-order valence-electron chi connectivity index (χ0n) is 14.7. The standard InChI is InChI=1S/C15H30N4O3S.HI/c1-16-15(17-6-10-22-11-12-23(2,20)21)19-9-5-14(13-19)18-7-3-4-8-18;/h14H,3-13H2,1-2H3,(H,16,17);1H. The number of halogens is 1. The van der Waals surface area contributed by atoms with E-state index in [0.717, 1.165) is 19.0 Å². The zero-order chi connectivity index (χ0) is 16.7. The summed E-state index contributed by atoms with van der Waals surface area (Å²) in [5.41, 5.74) is 0. The maximum Gasteiger partial charge on any atom is 0.193 e. The molecule has 1 unspecified atom stereocenters. The molecule has 9 heteroatoms. The van der Waals surface area contributed by atoms with Crippen molar-refractivity contribution in [1.29, 1.82) is 0 Å². The predicted octanol–water partition coefficient (Wildman–Crippen LogP) is 0.411. The Morgan fingerprint density at radius 1 is 1.25 bits per heavy atom. The number of hydrogen-bond donors (Lipinski definition) is 1. The van der Waals surface area contributed by atoms with Gasteiger partial charge in [-0.05, 0) is 32.4 Å². The molecule has 7 nitrogen and oxygen atoms in total. The van der Waals surface area contributed by atoms with Crippen LogP contribution < -0.4 is 5.32 Å². The molecular formula is C15H31IN4O3S. The minimum atomic E-state index is -2.94. The van der Waals surface area contributed by atoms with E-state index in [4.69, 9.17) is 4.74 Å². The van der Waals surface area contributed by atoms with E-state index in [-0.39, 0.29) is 36.3 Å². The van der Waals surface area contributed by atoms with Crippen molar-refractivity contribution in [2.45, 2.75) is 25.3 Å². The summed E-state index contributed by atoms with van der Waals surface area (Å²) in [4.78, 5) is 9.25. The number of guanidine groups is 1. The van der Waals surface area contributed by atoms with Gasteiger partial charge in [-0.1, -0.05) is 0 Å². The normalized spacial score (nSPS) is 22.7. The summed E-state index contributed by atoms with van der Waals surface area (Å²) in [5.74, 6) is 0.990. The van der Waals surface area contributed by atoms with Crippen molar-refractivity contribution in [3.63, 3.8) is 0 Å². The summed E-state index contributed by atoms with van der Waals surface area (Å²) in [6.45, 7) is 5.92. The van der Waals surface area contributed by atoms with Crippen LogP contribution in [0.2, 0.25) is 0 Å². The van der Waals surface area contributed by atoms with Gasteiger partial charge in [-0.15, -0.1) is 24.0 Å². The second kappa shape index (κ2) is 10.8. The van der Waals surface area contributed by atoms with Gasteiger partial charge >= 0.3 is 0 Å². The van der Waals surface area contributed by atoms with E-state index >= 15 is 0 Å². The topological polar surface area (TPSA) is 74.2 Å². The monoisotopic (exact) mass is 474 g/mol. The van der Waals surface area contributed by atoms with Crippen LogP contribution in [0.25, 0.3) is 0 Å². The molecule has 0 spiro atoms. The third-order valence-corrected chi connectivity index (χ3v) is 5.37. The minimum absolute atomic E-state index is 0. The van der Waals surface area contributed by atoms with Crippen molar-refractivity contribution in [1.82, 2.24) is 15.1 Å². The van der Waals surface area contributed by atoms with Gasteiger partial charge in [0.05, 0.1) is 19.0 Å². The highest BCUT2D eigenvalue weighted by Crippen LogP contribution is 2.20. The van der Waals surface area contributed by atoms with Crippen molar-refractivity contribution in [2.75, 3.05) is 65.0 Å². The predicted molar refractivity (Wildman–Crippen MR) is 108 cm³/mol. The first-order valence-corrected chi connectivity index (χ1v) is 10.5. The Hall–Kier alpha value is -0.130. The Bertz CT molecular complexity index is 495. The number of aliphatic imine (C=N–C) groups is 1. The Labute approximate surface area is 163 Å². The first kappa shape index (κ1) is 21.9. The average molecular weight is 474 g/mol. The van der Waals surface area contributed by atoms with E-state index in [1.165, 1.54) is 38.6 Å². The summed E-state index contributed by atoms with van der Waals surface area (Å²) in [5, 5.41) is 3.30. The fourth-order valence-electron chi connectivity index (χ4n) is 3.22. The summed E-state index contributed by atoms with van der Waals surface area (Å²) in [7, 11) is -1.14. The molecule has 1 atom stereocenters. The number of sulfone groups is 1. The Morgan fingerprint density at radius 3 is 2.58 bits per heavy atom. The third-order valence-electron chi connectivity index (χ3n) is 4.46. The van der Waals surface area contributed by atoms with Crippen LogP contribution in [0.15, 0.2) is 4.99 Å². The molecule has 2 aliphatic heterocycles. The molecule has 2 rings (SSSR count). The summed E-state index contributed by atoms with van der Waals surface area (Å²) in [6, 6.07) is 0.655. The molecule has 0 radical (unpaired) electrons. The lowest BCUT2D eigenvalue weighted by Gasteiger charge is -2.25. The Morgan fingerprint density at radius 2 is 1.96 bits per heavy atom. The number of ether oxygens (including phenoxy) is 1. The van der Waals surface area contributed by atoms with Crippen LogP contribution in [-0.2, 0) is 14.6 Å². The summed E-state index contributed by atoms with van der Waals surface area (Å²) in [6.07, 6.45) is 5.08. The maximum atomic E-state index is 11.0. The second-order valence-corrected chi connectivity index (χ2v) is 8.61. The summed E-state index contributed by atoms with van der Waals surface area (Å²) >= 11 is 0. The van der Waals surface area contributed by atoms with Crippen molar-refractivity contribution < 1.29 is 13.2 Å². The zero-order valence-corrected chi connectivity index (χ0v) is 17.9. The molecule has 2 aliphatic rings. The first-order chi connectivity index (χ1) is 11.0. The Balaban J connectivity index is 0.00000288. The quantitative estimate of drug-likeness (QED) is 0.250. The number of nitrogens with one attached hydrogen (secondary N) is 1. The molecule has 0 aromatic carbocycles. The minimum Gasteiger partial charge on any atom is -0.379 e. The molecule has 0 saturated carbocycles. The van der Waals surface area contributed by atoms with Crippen LogP contribution >= 0.6 is 24.0 Å². The molecule has 0 aliphatic carbocycles. The first-order valence-electron chi connectivity index (χ1n) is 8.45. The fourth-order valence-corrected chi connectivity index (χ4v) is 3.64. The van der Waals surface area contributed by atoms with Gasteiger partial charge in [0.1, 0.15) is 9.84 Å². The highest BCUT2D eigenvalue weighted by molar-refractivity contribution is 14.0. The van der Waals surface area contributed by atoms with Gasteiger partial charge in [-0.25, -0.2) is 8.42 Å². The molecule has 0 aromatic rings. The average Bonchev–Trinajstić information content (AvgIpc) is 3.16. The van der Waals surface area contributed by atoms with Gasteiger partial charge in [0.25, 0.3) is 0 Å². The van der Waals surface area contributed by atoms with E-state index in [2.05, 4.69) is 20.1 Å². The van der Waals surface area contributed by atoms with Gasteiger partial charge in [0, 0.05) is 39.0 Å². The highest BCUT2D eigenvalue weighted by atomic mass is 127. The Kier molecular flexibility index (Phi) is 9.83. The smallest absolute Gasteiger partial charge is 0.193 e. The van der Waals surface area contributed by atoms with Crippen LogP contribution in [-0.4, -0.2) is 95.2 Å². The van der Waals surface area contributed by atoms with Crippen LogP contribution in [0, 0.1) is 0 Å². The number of hydrogen-bond acceptors (Lipinski definition) is 5. The lowest BCUT2D eigenvalue weighted by Crippen LogP contribution is -2.43.